The number of benzene rings is 2. The zero-order valence-corrected chi connectivity index (χ0v) is 14.9. The minimum Gasteiger partial charge on any atom is -0.496 e. The molecular weight excluding hydrogens is 348 g/mol. The lowest BCUT2D eigenvalue weighted by atomic mass is 9.68. The Labute approximate surface area is 155 Å². The predicted octanol–water partition coefficient (Wildman–Crippen LogP) is 3.75. The first kappa shape index (κ1) is 16.8. The molecule has 5 heteroatoms. The van der Waals surface area contributed by atoms with E-state index in [1.165, 1.54) is 24.9 Å². The van der Waals surface area contributed by atoms with Gasteiger partial charge in [-0.05, 0) is 30.7 Å². The van der Waals surface area contributed by atoms with Crippen LogP contribution in [0.2, 0.25) is 0 Å². The molecule has 2 aromatic carbocycles. The van der Waals surface area contributed by atoms with Gasteiger partial charge in [-0.1, -0.05) is 36.4 Å². The van der Waals surface area contributed by atoms with Crippen LogP contribution < -0.4 is 4.74 Å². The first-order chi connectivity index (χ1) is 12.6. The number of ketones is 3. The Balaban J connectivity index is 1.96. The average molecular weight is 364 g/mol. The normalized spacial score (nSPS) is 24.2. The molecule has 0 radical (unpaired) electrons. The van der Waals surface area contributed by atoms with Gasteiger partial charge in [0, 0.05) is 10.5 Å². The lowest BCUT2D eigenvalue weighted by Crippen LogP contribution is -2.56. The Kier molecular flexibility index (Phi) is 4.04. The van der Waals surface area contributed by atoms with E-state index in [9.17, 15) is 14.4 Å². The van der Waals surface area contributed by atoms with Crippen molar-refractivity contribution in [3.05, 3.63) is 71.8 Å². The summed E-state index contributed by atoms with van der Waals surface area (Å²) in [5.41, 5.74) is 0.551. The maximum Gasteiger partial charge on any atom is 0.192 e. The number of rotatable bonds is 3. The third-order valence-electron chi connectivity index (χ3n) is 4.91. The molecule has 0 heterocycles. The van der Waals surface area contributed by atoms with Crippen molar-refractivity contribution in [1.29, 1.82) is 0 Å². The van der Waals surface area contributed by atoms with Gasteiger partial charge in [-0.15, -0.1) is 11.8 Å². The van der Waals surface area contributed by atoms with E-state index in [2.05, 4.69) is 0 Å². The fraction of sp³-hybridized carbons (Fsp3) is 0.190. The fourth-order valence-corrected chi connectivity index (χ4v) is 5.06. The van der Waals surface area contributed by atoms with Crippen molar-refractivity contribution >= 4 is 29.1 Å². The topological polar surface area (TPSA) is 60.4 Å². The van der Waals surface area contributed by atoms with Crippen LogP contribution in [0.4, 0.5) is 0 Å². The third-order valence-corrected chi connectivity index (χ3v) is 6.41. The highest BCUT2D eigenvalue weighted by molar-refractivity contribution is 8.02. The molecule has 0 N–H and O–H groups in total. The van der Waals surface area contributed by atoms with E-state index < -0.39 is 10.7 Å². The standard InChI is InChI=1S/C21H16O4S/c1-25-16-11-5-9-14-18(16)20(24)21(26-13-7-3-2-4-8-13)15(19(14)23)10-6-12-17(21)22/h2-9,11-12,15H,10H2,1H3/t15-,21-/m0/s1. The van der Waals surface area contributed by atoms with Gasteiger partial charge in [-0.3, -0.25) is 14.4 Å². The molecule has 0 fully saturated rings. The summed E-state index contributed by atoms with van der Waals surface area (Å²) >= 11 is 1.17. The van der Waals surface area contributed by atoms with Crippen LogP contribution in [0.25, 0.3) is 0 Å². The Hall–Kier alpha value is -2.66. The Bertz CT molecular complexity index is 948. The van der Waals surface area contributed by atoms with E-state index in [4.69, 9.17) is 4.74 Å². The van der Waals surface area contributed by atoms with Crippen molar-refractivity contribution in [1.82, 2.24) is 0 Å². The summed E-state index contributed by atoms with van der Waals surface area (Å²) in [5, 5.41) is 0. The number of carbonyl (C=O) groups is 3. The van der Waals surface area contributed by atoms with Gasteiger partial charge in [0.1, 0.15) is 5.75 Å². The monoisotopic (exact) mass is 364 g/mol. The van der Waals surface area contributed by atoms with Gasteiger partial charge in [-0.25, -0.2) is 0 Å². The van der Waals surface area contributed by atoms with Gasteiger partial charge in [-0.2, -0.15) is 0 Å². The molecule has 2 aromatic rings. The Morgan fingerprint density at radius 1 is 1.04 bits per heavy atom. The van der Waals surface area contributed by atoms with Crippen LogP contribution in [-0.4, -0.2) is 29.2 Å². The number of ether oxygens (including phenoxy) is 1. The first-order valence-electron chi connectivity index (χ1n) is 8.30. The quantitative estimate of drug-likeness (QED) is 0.776. The van der Waals surface area contributed by atoms with Gasteiger partial charge in [0.2, 0.25) is 0 Å². The molecule has 4 rings (SSSR count). The maximum absolute atomic E-state index is 13.6. The van der Waals surface area contributed by atoms with E-state index in [1.807, 2.05) is 30.3 Å². The van der Waals surface area contributed by atoms with Crippen molar-refractivity contribution < 1.29 is 19.1 Å². The van der Waals surface area contributed by atoms with Crippen LogP contribution in [0.1, 0.15) is 27.1 Å². The zero-order chi connectivity index (χ0) is 18.3. The number of hydrogen-bond acceptors (Lipinski definition) is 5. The Morgan fingerprint density at radius 2 is 1.81 bits per heavy atom. The molecule has 0 bridgehead atoms. The number of thioether (sulfide) groups is 1. The van der Waals surface area contributed by atoms with Gasteiger partial charge < -0.3 is 4.74 Å². The van der Waals surface area contributed by atoms with Crippen LogP contribution in [0.15, 0.2) is 65.6 Å². The highest BCUT2D eigenvalue weighted by Gasteiger charge is 2.59. The molecule has 2 aliphatic carbocycles. The minimum atomic E-state index is -1.48. The van der Waals surface area contributed by atoms with Crippen molar-refractivity contribution in [2.75, 3.05) is 7.11 Å². The predicted molar refractivity (Wildman–Crippen MR) is 98.9 cm³/mol. The second kappa shape index (κ2) is 6.25. The molecule has 0 saturated carbocycles. The number of fused-ring (bicyclic) bond motifs is 2. The molecule has 0 amide bonds. The molecule has 130 valence electrons. The summed E-state index contributed by atoms with van der Waals surface area (Å²) in [4.78, 5) is 40.6. The summed E-state index contributed by atoms with van der Waals surface area (Å²) in [5.74, 6) is -1.25. The van der Waals surface area contributed by atoms with Crippen LogP contribution in [0.5, 0.6) is 5.75 Å². The fourth-order valence-electron chi connectivity index (χ4n) is 3.69. The zero-order valence-electron chi connectivity index (χ0n) is 14.1. The molecule has 0 saturated heterocycles. The lowest BCUT2D eigenvalue weighted by Gasteiger charge is -2.41. The number of carbonyl (C=O) groups excluding carboxylic acids is 3. The first-order valence-corrected chi connectivity index (χ1v) is 9.12. The van der Waals surface area contributed by atoms with Crippen molar-refractivity contribution in [2.24, 2.45) is 5.92 Å². The van der Waals surface area contributed by atoms with E-state index in [-0.39, 0.29) is 22.9 Å². The minimum absolute atomic E-state index is 0.181. The largest absolute Gasteiger partial charge is 0.496 e. The lowest BCUT2D eigenvalue weighted by molar-refractivity contribution is -0.117. The summed E-state index contributed by atoms with van der Waals surface area (Å²) in [6.45, 7) is 0. The highest BCUT2D eigenvalue weighted by Crippen LogP contribution is 2.51. The Morgan fingerprint density at radius 3 is 2.54 bits per heavy atom. The number of hydrogen-bond donors (Lipinski definition) is 0. The van der Waals surface area contributed by atoms with Crippen molar-refractivity contribution in [3.63, 3.8) is 0 Å². The summed E-state index contributed by atoms with van der Waals surface area (Å²) in [7, 11) is 1.46. The highest BCUT2D eigenvalue weighted by atomic mass is 32.2. The van der Waals surface area contributed by atoms with E-state index in [0.717, 1.165) is 4.90 Å². The molecule has 2 atom stereocenters. The van der Waals surface area contributed by atoms with Crippen LogP contribution >= 0.6 is 11.8 Å². The number of allylic oxidation sites excluding steroid dienone is 2. The SMILES string of the molecule is COc1cccc2c1C(=O)[C@@]1(Sc3ccccc3)C(=O)C=CC[C@H]1C2=O. The maximum atomic E-state index is 13.6. The smallest absolute Gasteiger partial charge is 0.192 e. The molecule has 0 aromatic heterocycles. The van der Waals surface area contributed by atoms with Crippen molar-refractivity contribution in [2.45, 2.75) is 16.1 Å². The molecule has 0 spiro atoms. The molecular formula is C21H16O4S. The van der Waals surface area contributed by atoms with Gasteiger partial charge >= 0.3 is 0 Å². The van der Waals surface area contributed by atoms with Crippen LogP contribution in [0.3, 0.4) is 0 Å². The number of Topliss-reactive ketones (excluding diaryl/α,β-unsaturated/α-hetero) is 2. The second-order valence-corrected chi connectivity index (χ2v) is 7.60. The summed E-state index contributed by atoms with van der Waals surface area (Å²) in [6.07, 6.45) is 3.48. The number of methoxy groups -OCH3 is 1. The summed E-state index contributed by atoms with van der Waals surface area (Å²) in [6, 6.07) is 14.2. The molecule has 26 heavy (non-hydrogen) atoms. The van der Waals surface area contributed by atoms with E-state index >= 15 is 0 Å². The van der Waals surface area contributed by atoms with Gasteiger partial charge in [0.05, 0.1) is 18.6 Å². The molecule has 0 unspecified atom stereocenters. The van der Waals surface area contributed by atoms with Crippen LogP contribution in [-0.2, 0) is 4.79 Å². The van der Waals surface area contributed by atoms with E-state index in [1.54, 1.807) is 24.3 Å². The van der Waals surface area contributed by atoms with Gasteiger partial charge in [0.25, 0.3) is 0 Å². The second-order valence-electron chi connectivity index (χ2n) is 6.28. The molecule has 2 aliphatic rings. The average Bonchev–Trinajstić information content (AvgIpc) is 2.67. The van der Waals surface area contributed by atoms with E-state index in [0.29, 0.717) is 17.7 Å². The third kappa shape index (κ3) is 2.27. The summed E-state index contributed by atoms with van der Waals surface area (Å²) < 4.78 is 3.85. The molecule has 4 nitrogen and oxygen atoms in total. The van der Waals surface area contributed by atoms with Crippen LogP contribution in [0, 0.1) is 5.92 Å². The van der Waals surface area contributed by atoms with Gasteiger partial charge in [0.15, 0.2) is 22.1 Å². The molecule has 0 aliphatic heterocycles. The van der Waals surface area contributed by atoms with Crippen molar-refractivity contribution in [3.8, 4) is 5.75 Å².